The van der Waals surface area contributed by atoms with Crippen LogP contribution in [-0.4, -0.2) is 45.9 Å². The number of hydrogen-bond acceptors (Lipinski definition) is 4. The molecule has 0 saturated carbocycles. The van der Waals surface area contributed by atoms with E-state index in [1.54, 1.807) is 48.7 Å². The molecular formula is C24H19F2N3O2. The highest BCUT2D eigenvalue weighted by Crippen LogP contribution is 2.32. The number of carbonyl (C=O) groups is 1. The predicted molar refractivity (Wildman–Crippen MR) is 113 cm³/mol. The van der Waals surface area contributed by atoms with Gasteiger partial charge in [0.15, 0.2) is 6.10 Å². The summed E-state index contributed by atoms with van der Waals surface area (Å²) in [5.74, 6) is -3.24. The fourth-order valence-electron chi connectivity index (χ4n) is 3.83. The maximum Gasteiger partial charge on any atom is 0.287 e. The Balaban J connectivity index is 1.38. The van der Waals surface area contributed by atoms with Gasteiger partial charge in [0.2, 0.25) is 5.88 Å². The summed E-state index contributed by atoms with van der Waals surface area (Å²) in [4.78, 5) is 23.0. The van der Waals surface area contributed by atoms with Crippen LogP contribution in [0.25, 0.3) is 21.8 Å². The van der Waals surface area contributed by atoms with E-state index in [9.17, 15) is 13.6 Å². The van der Waals surface area contributed by atoms with Crippen molar-refractivity contribution >= 4 is 27.7 Å². The average molecular weight is 419 g/mol. The van der Waals surface area contributed by atoms with Crippen molar-refractivity contribution < 1.29 is 18.3 Å². The lowest BCUT2D eigenvalue weighted by molar-refractivity contribution is -0.131. The zero-order valence-electron chi connectivity index (χ0n) is 16.5. The fraction of sp³-hybridized carbons (Fsp3) is 0.208. The number of fused-ring (bicyclic) bond motifs is 2. The molecular weight excluding hydrogens is 400 g/mol. The van der Waals surface area contributed by atoms with E-state index in [-0.39, 0.29) is 24.9 Å². The number of aromatic nitrogens is 2. The highest BCUT2D eigenvalue weighted by molar-refractivity contribution is 5.98. The molecule has 0 N–H and O–H groups in total. The zero-order valence-corrected chi connectivity index (χ0v) is 16.5. The third-order valence-corrected chi connectivity index (χ3v) is 5.55. The molecule has 1 atom stereocenters. The highest BCUT2D eigenvalue weighted by atomic mass is 19.3. The third-order valence-electron chi connectivity index (χ3n) is 5.55. The second-order valence-electron chi connectivity index (χ2n) is 7.62. The molecule has 0 radical (unpaired) electrons. The van der Waals surface area contributed by atoms with E-state index in [4.69, 9.17) is 4.74 Å². The number of para-hydroxylation sites is 1. The normalized spacial score (nSPS) is 18.3. The van der Waals surface area contributed by atoms with Crippen LogP contribution in [0.4, 0.5) is 8.78 Å². The van der Waals surface area contributed by atoms with Crippen LogP contribution in [0.15, 0.2) is 72.9 Å². The minimum Gasteiger partial charge on any atom is -0.466 e. The Labute approximate surface area is 177 Å². The molecule has 4 aromatic rings. The topological polar surface area (TPSA) is 55.3 Å². The number of hydrogen-bond donors (Lipinski definition) is 0. The first-order valence-corrected chi connectivity index (χ1v) is 10.0. The molecule has 1 saturated heterocycles. The lowest BCUT2D eigenvalue weighted by Gasteiger charge is -2.38. The number of carbonyl (C=O) groups excluding carboxylic acids is 1. The number of pyridine rings is 2. The van der Waals surface area contributed by atoms with Gasteiger partial charge in [-0.3, -0.25) is 9.78 Å². The number of ether oxygens (including phenoxy) is 1. The summed E-state index contributed by atoms with van der Waals surface area (Å²) < 4.78 is 34.8. The van der Waals surface area contributed by atoms with Crippen molar-refractivity contribution in [3.63, 3.8) is 0 Å². The maximum atomic E-state index is 14.6. The second-order valence-corrected chi connectivity index (χ2v) is 7.62. The summed E-state index contributed by atoms with van der Waals surface area (Å²) in [6.07, 6.45) is -0.258. The molecule has 1 amide bonds. The first-order chi connectivity index (χ1) is 15.0. The van der Waals surface area contributed by atoms with Crippen molar-refractivity contribution in [3.8, 4) is 5.88 Å². The van der Waals surface area contributed by atoms with Gasteiger partial charge in [-0.25, -0.2) is 13.8 Å². The zero-order chi connectivity index (χ0) is 21.4. The number of benzene rings is 2. The lowest BCUT2D eigenvalue weighted by Crippen LogP contribution is -2.55. The minimum atomic E-state index is -3.06. The predicted octanol–water partition coefficient (Wildman–Crippen LogP) is 4.71. The van der Waals surface area contributed by atoms with Crippen molar-refractivity contribution in [2.45, 2.75) is 18.4 Å². The average Bonchev–Trinajstić information content (AvgIpc) is 2.79. The van der Waals surface area contributed by atoms with Gasteiger partial charge >= 0.3 is 0 Å². The van der Waals surface area contributed by atoms with Crippen molar-refractivity contribution in [2.24, 2.45) is 0 Å². The van der Waals surface area contributed by atoms with E-state index in [2.05, 4.69) is 9.97 Å². The third kappa shape index (κ3) is 3.79. The van der Waals surface area contributed by atoms with Crippen LogP contribution in [0.3, 0.4) is 0 Å². The molecule has 5 rings (SSSR count). The van der Waals surface area contributed by atoms with Crippen LogP contribution in [-0.2, 0) is 0 Å². The molecule has 2 aromatic heterocycles. The quantitative estimate of drug-likeness (QED) is 0.483. The Morgan fingerprint density at radius 1 is 1.00 bits per heavy atom. The molecule has 156 valence electrons. The smallest absolute Gasteiger partial charge is 0.287 e. The minimum absolute atomic E-state index is 0.0398. The number of rotatable bonds is 3. The number of halogens is 2. The monoisotopic (exact) mass is 419 g/mol. The number of nitrogens with zero attached hydrogens (tertiary/aromatic N) is 3. The number of piperidine rings is 1. The maximum absolute atomic E-state index is 14.6. The van der Waals surface area contributed by atoms with E-state index in [0.717, 1.165) is 16.3 Å². The molecule has 3 heterocycles. The Morgan fingerprint density at radius 2 is 1.84 bits per heavy atom. The highest BCUT2D eigenvalue weighted by Gasteiger charge is 2.47. The summed E-state index contributed by atoms with van der Waals surface area (Å²) in [5.41, 5.74) is 1.87. The van der Waals surface area contributed by atoms with Crippen LogP contribution in [0.5, 0.6) is 5.88 Å². The lowest BCUT2D eigenvalue weighted by atomic mass is 10.0. The van der Waals surface area contributed by atoms with Gasteiger partial charge in [0.25, 0.3) is 11.8 Å². The summed E-state index contributed by atoms with van der Waals surface area (Å²) in [5, 5.41) is 1.72. The second kappa shape index (κ2) is 7.58. The molecule has 7 heteroatoms. The van der Waals surface area contributed by atoms with E-state index in [1.165, 1.54) is 4.90 Å². The van der Waals surface area contributed by atoms with E-state index in [1.807, 2.05) is 24.3 Å². The Bertz CT molecular complexity index is 1280. The Morgan fingerprint density at radius 3 is 2.74 bits per heavy atom. The van der Waals surface area contributed by atoms with Gasteiger partial charge in [0.05, 0.1) is 17.6 Å². The van der Waals surface area contributed by atoms with Crippen LogP contribution in [0, 0.1) is 0 Å². The molecule has 5 nitrogen and oxygen atoms in total. The number of amides is 1. The summed E-state index contributed by atoms with van der Waals surface area (Å²) in [6.45, 7) is -0.257. The van der Waals surface area contributed by atoms with Gasteiger partial charge in [-0.05, 0) is 36.4 Å². The summed E-state index contributed by atoms with van der Waals surface area (Å²) in [6, 6.07) is 19.6. The molecule has 31 heavy (non-hydrogen) atoms. The van der Waals surface area contributed by atoms with Crippen molar-refractivity contribution in [1.29, 1.82) is 0 Å². The van der Waals surface area contributed by atoms with E-state index < -0.39 is 18.4 Å². The molecule has 0 bridgehead atoms. The summed E-state index contributed by atoms with van der Waals surface area (Å²) >= 11 is 0. The standard InChI is InChI=1S/C24H19F2N3O2/c25-24(26)11-13-29(23(30)18-7-9-19-17(14-18)5-3-12-27-19)15-21(24)31-22-10-8-16-4-1-2-6-20(16)28-22/h1-10,12,14,21H,11,13,15H2. The molecule has 1 unspecified atom stereocenters. The molecule has 1 aliphatic rings. The van der Waals surface area contributed by atoms with E-state index >= 15 is 0 Å². The Hall–Kier alpha value is -3.61. The van der Waals surface area contributed by atoms with Crippen LogP contribution < -0.4 is 4.74 Å². The molecule has 0 aliphatic carbocycles. The van der Waals surface area contributed by atoms with Gasteiger partial charge in [-0.1, -0.05) is 24.3 Å². The van der Waals surface area contributed by atoms with Gasteiger partial charge in [-0.15, -0.1) is 0 Å². The van der Waals surface area contributed by atoms with Gasteiger partial charge in [0.1, 0.15) is 0 Å². The van der Waals surface area contributed by atoms with Crippen LogP contribution >= 0.6 is 0 Å². The Kier molecular flexibility index (Phi) is 4.73. The first kappa shape index (κ1) is 19.4. The fourth-order valence-corrected chi connectivity index (χ4v) is 3.83. The number of likely N-dealkylation sites (tertiary alicyclic amines) is 1. The molecule has 1 aliphatic heterocycles. The molecule has 2 aromatic carbocycles. The van der Waals surface area contributed by atoms with Gasteiger partial charge in [0, 0.05) is 41.6 Å². The summed E-state index contributed by atoms with van der Waals surface area (Å²) in [7, 11) is 0. The van der Waals surface area contributed by atoms with Crippen LogP contribution in [0.1, 0.15) is 16.8 Å². The SMILES string of the molecule is O=C(c1ccc2ncccc2c1)N1CCC(F)(F)C(Oc2ccc3ccccc3n2)C1. The largest absolute Gasteiger partial charge is 0.466 e. The van der Waals surface area contributed by atoms with Crippen LogP contribution in [0.2, 0.25) is 0 Å². The van der Waals surface area contributed by atoms with Crippen molar-refractivity contribution in [3.05, 3.63) is 78.5 Å². The van der Waals surface area contributed by atoms with Crippen molar-refractivity contribution in [1.82, 2.24) is 14.9 Å². The molecule has 0 spiro atoms. The van der Waals surface area contributed by atoms with E-state index in [0.29, 0.717) is 11.1 Å². The van der Waals surface area contributed by atoms with Crippen molar-refractivity contribution in [2.75, 3.05) is 13.1 Å². The van der Waals surface area contributed by atoms with Gasteiger partial charge < -0.3 is 9.64 Å². The molecule has 1 fully saturated rings. The number of alkyl halides is 2. The first-order valence-electron chi connectivity index (χ1n) is 10.0. The van der Waals surface area contributed by atoms with Gasteiger partial charge in [-0.2, -0.15) is 0 Å².